The van der Waals surface area contributed by atoms with E-state index in [1.807, 2.05) is 29.8 Å². The number of rotatable bonds is 1. The summed E-state index contributed by atoms with van der Waals surface area (Å²) < 4.78 is 1.97. The number of aromatic nitrogens is 2. The third-order valence-corrected chi connectivity index (χ3v) is 2.58. The fourth-order valence-corrected chi connectivity index (χ4v) is 1.90. The SMILES string of the molecule is CCn1nc2cccc(Cl)c2c1C. The van der Waals surface area contributed by atoms with Crippen LogP contribution >= 0.6 is 11.6 Å². The maximum atomic E-state index is 6.08. The van der Waals surface area contributed by atoms with Gasteiger partial charge in [0.15, 0.2) is 0 Å². The Kier molecular flexibility index (Phi) is 2.00. The molecule has 13 heavy (non-hydrogen) atoms. The maximum Gasteiger partial charge on any atom is 0.0941 e. The van der Waals surface area contributed by atoms with E-state index in [9.17, 15) is 0 Å². The van der Waals surface area contributed by atoms with Crippen molar-refractivity contribution in [2.24, 2.45) is 0 Å². The molecule has 3 heteroatoms. The number of fused-ring (bicyclic) bond motifs is 1. The summed E-state index contributed by atoms with van der Waals surface area (Å²) in [6.45, 7) is 5.01. The zero-order valence-corrected chi connectivity index (χ0v) is 8.47. The van der Waals surface area contributed by atoms with Crippen molar-refractivity contribution < 1.29 is 0 Å². The molecule has 0 saturated carbocycles. The first-order valence-corrected chi connectivity index (χ1v) is 4.73. The molecule has 0 aliphatic heterocycles. The molecule has 2 nitrogen and oxygen atoms in total. The minimum Gasteiger partial charge on any atom is -0.269 e. The lowest BCUT2D eigenvalue weighted by atomic mass is 10.2. The highest BCUT2D eigenvalue weighted by Gasteiger charge is 2.08. The van der Waals surface area contributed by atoms with Crippen molar-refractivity contribution in [1.29, 1.82) is 0 Å². The van der Waals surface area contributed by atoms with Gasteiger partial charge in [0.05, 0.1) is 10.5 Å². The molecule has 2 rings (SSSR count). The van der Waals surface area contributed by atoms with E-state index in [-0.39, 0.29) is 0 Å². The van der Waals surface area contributed by atoms with Crippen LogP contribution in [0.2, 0.25) is 5.02 Å². The van der Waals surface area contributed by atoms with E-state index in [0.29, 0.717) is 0 Å². The van der Waals surface area contributed by atoms with Crippen LogP contribution in [0.1, 0.15) is 12.6 Å². The Morgan fingerprint density at radius 2 is 2.23 bits per heavy atom. The molecule has 0 spiro atoms. The van der Waals surface area contributed by atoms with E-state index >= 15 is 0 Å². The highest BCUT2D eigenvalue weighted by molar-refractivity contribution is 6.35. The molecule has 0 bridgehead atoms. The summed E-state index contributed by atoms with van der Waals surface area (Å²) >= 11 is 6.08. The standard InChI is InChI=1S/C10H11ClN2/c1-3-13-7(2)10-8(11)5-4-6-9(10)12-13/h4-6H,3H2,1-2H3. The molecule has 0 radical (unpaired) electrons. The van der Waals surface area contributed by atoms with Crippen LogP contribution in [0, 0.1) is 6.92 Å². The lowest BCUT2D eigenvalue weighted by molar-refractivity contribution is 0.647. The number of aryl methyl sites for hydroxylation is 2. The van der Waals surface area contributed by atoms with Crippen LogP contribution in [-0.4, -0.2) is 9.78 Å². The van der Waals surface area contributed by atoms with Crippen LogP contribution in [-0.2, 0) is 6.54 Å². The van der Waals surface area contributed by atoms with Gasteiger partial charge < -0.3 is 0 Å². The fraction of sp³-hybridized carbons (Fsp3) is 0.300. The summed E-state index contributed by atoms with van der Waals surface area (Å²) in [5, 5.41) is 6.29. The Morgan fingerprint density at radius 3 is 2.85 bits per heavy atom. The molecule has 0 N–H and O–H groups in total. The van der Waals surface area contributed by atoms with Gasteiger partial charge in [-0.2, -0.15) is 5.10 Å². The Bertz CT molecular complexity index is 445. The Balaban J connectivity index is 2.85. The van der Waals surface area contributed by atoms with Crippen molar-refractivity contribution in [2.45, 2.75) is 20.4 Å². The monoisotopic (exact) mass is 194 g/mol. The van der Waals surface area contributed by atoms with Gasteiger partial charge in [0.2, 0.25) is 0 Å². The quantitative estimate of drug-likeness (QED) is 0.683. The third-order valence-electron chi connectivity index (χ3n) is 2.27. The van der Waals surface area contributed by atoms with E-state index in [1.54, 1.807) is 0 Å². The molecular formula is C10H11ClN2. The van der Waals surface area contributed by atoms with Gasteiger partial charge in [0.1, 0.15) is 0 Å². The molecule has 1 aromatic carbocycles. The van der Waals surface area contributed by atoms with Crippen molar-refractivity contribution in [3.8, 4) is 0 Å². The highest BCUT2D eigenvalue weighted by Crippen LogP contribution is 2.25. The van der Waals surface area contributed by atoms with E-state index in [4.69, 9.17) is 11.6 Å². The summed E-state index contributed by atoms with van der Waals surface area (Å²) in [7, 11) is 0. The Morgan fingerprint density at radius 1 is 1.46 bits per heavy atom. The van der Waals surface area contributed by atoms with Gasteiger partial charge in [-0.05, 0) is 26.0 Å². The van der Waals surface area contributed by atoms with Crippen LogP contribution in [0.3, 0.4) is 0 Å². The third kappa shape index (κ3) is 1.22. The maximum absolute atomic E-state index is 6.08. The predicted octanol–water partition coefficient (Wildman–Crippen LogP) is 3.02. The van der Waals surface area contributed by atoms with Crippen molar-refractivity contribution in [1.82, 2.24) is 9.78 Å². The van der Waals surface area contributed by atoms with E-state index < -0.39 is 0 Å². The first-order valence-electron chi connectivity index (χ1n) is 4.35. The summed E-state index contributed by atoms with van der Waals surface area (Å²) in [4.78, 5) is 0. The number of hydrogen-bond donors (Lipinski definition) is 0. The van der Waals surface area contributed by atoms with Crippen LogP contribution < -0.4 is 0 Å². The number of benzene rings is 1. The molecule has 0 fully saturated rings. The second kappa shape index (κ2) is 3.04. The summed E-state index contributed by atoms with van der Waals surface area (Å²) in [5.74, 6) is 0. The second-order valence-corrected chi connectivity index (χ2v) is 3.44. The molecule has 0 amide bonds. The number of halogens is 1. The van der Waals surface area contributed by atoms with Gasteiger partial charge in [-0.3, -0.25) is 4.68 Å². The van der Waals surface area contributed by atoms with Gasteiger partial charge in [-0.1, -0.05) is 17.7 Å². The van der Waals surface area contributed by atoms with Crippen LogP contribution in [0.4, 0.5) is 0 Å². The molecule has 1 heterocycles. The van der Waals surface area contributed by atoms with Gasteiger partial charge >= 0.3 is 0 Å². The van der Waals surface area contributed by atoms with Gasteiger partial charge in [0, 0.05) is 17.6 Å². The first-order chi connectivity index (χ1) is 6.24. The highest BCUT2D eigenvalue weighted by atomic mass is 35.5. The summed E-state index contributed by atoms with van der Waals surface area (Å²) in [6, 6.07) is 5.82. The van der Waals surface area contributed by atoms with Gasteiger partial charge in [0.25, 0.3) is 0 Å². The molecule has 1 aromatic heterocycles. The molecule has 68 valence electrons. The largest absolute Gasteiger partial charge is 0.269 e. The van der Waals surface area contributed by atoms with Crippen molar-refractivity contribution in [3.05, 3.63) is 28.9 Å². The van der Waals surface area contributed by atoms with Crippen molar-refractivity contribution >= 4 is 22.5 Å². The van der Waals surface area contributed by atoms with Crippen LogP contribution in [0.15, 0.2) is 18.2 Å². The smallest absolute Gasteiger partial charge is 0.0941 e. The Hall–Kier alpha value is -1.02. The zero-order valence-electron chi connectivity index (χ0n) is 7.71. The lowest BCUT2D eigenvalue weighted by Gasteiger charge is -1.97. The molecule has 0 aliphatic rings. The molecule has 0 saturated heterocycles. The second-order valence-electron chi connectivity index (χ2n) is 3.04. The molecular weight excluding hydrogens is 184 g/mol. The average molecular weight is 195 g/mol. The normalized spacial score (nSPS) is 11.0. The lowest BCUT2D eigenvalue weighted by Crippen LogP contribution is -1.97. The molecule has 2 aromatic rings. The topological polar surface area (TPSA) is 17.8 Å². The van der Waals surface area contributed by atoms with Crippen LogP contribution in [0.25, 0.3) is 10.9 Å². The summed E-state index contributed by atoms with van der Waals surface area (Å²) in [5.41, 5.74) is 2.12. The average Bonchev–Trinajstić information content (AvgIpc) is 2.44. The van der Waals surface area contributed by atoms with E-state index in [1.165, 1.54) is 0 Å². The predicted molar refractivity (Wildman–Crippen MR) is 55.2 cm³/mol. The minimum absolute atomic E-state index is 0.787. The zero-order chi connectivity index (χ0) is 9.42. The van der Waals surface area contributed by atoms with Gasteiger partial charge in [-0.25, -0.2) is 0 Å². The summed E-state index contributed by atoms with van der Waals surface area (Å²) in [6.07, 6.45) is 0. The first kappa shape index (κ1) is 8.57. The van der Waals surface area contributed by atoms with Crippen molar-refractivity contribution in [2.75, 3.05) is 0 Å². The van der Waals surface area contributed by atoms with E-state index in [2.05, 4.69) is 12.0 Å². The molecule has 0 aliphatic carbocycles. The number of hydrogen-bond acceptors (Lipinski definition) is 1. The Labute approximate surface area is 82.1 Å². The van der Waals surface area contributed by atoms with Crippen molar-refractivity contribution in [3.63, 3.8) is 0 Å². The number of nitrogens with zero attached hydrogens (tertiary/aromatic N) is 2. The molecule has 0 unspecified atom stereocenters. The van der Waals surface area contributed by atoms with Crippen LogP contribution in [0.5, 0.6) is 0 Å². The molecule has 0 atom stereocenters. The van der Waals surface area contributed by atoms with Gasteiger partial charge in [-0.15, -0.1) is 0 Å². The fourth-order valence-electron chi connectivity index (χ4n) is 1.60. The minimum atomic E-state index is 0.787. The van der Waals surface area contributed by atoms with E-state index in [0.717, 1.165) is 28.2 Å².